The maximum absolute atomic E-state index is 13.0. The molecule has 0 N–H and O–H groups in total. The normalized spacial score (nSPS) is 16.7. The van der Waals surface area contributed by atoms with Crippen LogP contribution in [-0.4, -0.2) is 30.4 Å². The number of nitrogens with zero attached hydrogens (tertiary/aromatic N) is 2. The first-order chi connectivity index (χ1) is 11.2. The van der Waals surface area contributed by atoms with Crippen molar-refractivity contribution in [3.05, 3.63) is 47.5 Å². The summed E-state index contributed by atoms with van der Waals surface area (Å²) < 4.78 is 5.92. The molecule has 1 amide bonds. The van der Waals surface area contributed by atoms with Gasteiger partial charge in [-0.15, -0.1) is 0 Å². The molecule has 2 aromatic carbocycles. The van der Waals surface area contributed by atoms with Gasteiger partial charge in [-0.3, -0.25) is 14.6 Å². The third-order valence-electron chi connectivity index (χ3n) is 4.29. The first-order valence-corrected chi connectivity index (χ1v) is 8.22. The summed E-state index contributed by atoms with van der Waals surface area (Å²) in [6.07, 6.45) is 2.32. The Morgan fingerprint density at radius 3 is 2.61 bits per heavy atom. The number of carbonyl (C=O) groups is 1. The molecular weight excluding hydrogens is 312 g/mol. The fraction of sp³-hybridized carbons (Fsp3) is 0.278. The van der Waals surface area contributed by atoms with Crippen molar-refractivity contribution in [3.8, 4) is 11.5 Å². The number of ether oxygens (including phenoxy) is 1. The van der Waals surface area contributed by atoms with Gasteiger partial charge in [0.1, 0.15) is 0 Å². The molecule has 0 aromatic heterocycles. The number of rotatable bonds is 2. The van der Waals surface area contributed by atoms with E-state index in [9.17, 15) is 4.79 Å². The summed E-state index contributed by atoms with van der Waals surface area (Å²) in [5.74, 6) is 1.39. The quantitative estimate of drug-likeness (QED) is 0.828. The molecule has 0 atom stereocenters. The molecule has 1 saturated heterocycles. The number of fused-ring (bicyclic) bond motifs is 2. The zero-order valence-corrected chi connectivity index (χ0v) is 13.4. The second-order valence-electron chi connectivity index (χ2n) is 5.89. The Morgan fingerprint density at radius 2 is 1.78 bits per heavy atom. The molecule has 2 heterocycles. The number of anilines is 2. The predicted octanol–water partition coefficient (Wildman–Crippen LogP) is 4.21. The van der Waals surface area contributed by atoms with Crippen molar-refractivity contribution in [2.75, 3.05) is 24.5 Å². The number of amides is 1. The van der Waals surface area contributed by atoms with E-state index in [0.717, 1.165) is 31.6 Å². The van der Waals surface area contributed by atoms with Crippen LogP contribution < -0.4 is 9.64 Å². The van der Waals surface area contributed by atoms with Crippen LogP contribution in [0.2, 0.25) is 5.02 Å². The minimum absolute atomic E-state index is 0.0474. The zero-order valence-electron chi connectivity index (χ0n) is 12.7. The van der Waals surface area contributed by atoms with Gasteiger partial charge in [0.05, 0.1) is 17.9 Å². The molecule has 0 aliphatic carbocycles. The number of halogens is 1. The third-order valence-corrected chi connectivity index (χ3v) is 4.53. The summed E-state index contributed by atoms with van der Waals surface area (Å²) >= 11 is 6.14. The van der Waals surface area contributed by atoms with Gasteiger partial charge in [-0.2, -0.15) is 0 Å². The molecule has 0 radical (unpaired) electrons. The van der Waals surface area contributed by atoms with Crippen LogP contribution in [0.3, 0.4) is 0 Å². The first-order valence-electron chi connectivity index (χ1n) is 7.84. The summed E-state index contributed by atoms with van der Waals surface area (Å²) in [7, 11) is 0. The van der Waals surface area contributed by atoms with E-state index in [1.807, 2.05) is 30.3 Å². The van der Waals surface area contributed by atoms with Crippen LogP contribution >= 0.6 is 11.6 Å². The monoisotopic (exact) mass is 328 g/mol. The highest BCUT2D eigenvalue weighted by atomic mass is 35.5. The van der Waals surface area contributed by atoms with Crippen LogP contribution in [0.1, 0.15) is 12.8 Å². The van der Waals surface area contributed by atoms with Crippen LogP contribution in [0, 0.1) is 0 Å². The second-order valence-corrected chi connectivity index (χ2v) is 6.33. The van der Waals surface area contributed by atoms with Crippen LogP contribution in [0.25, 0.3) is 0 Å². The Labute approximate surface area is 140 Å². The Bertz CT molecular complexity index is 756. The number of likely N-dealkylation sites (tertiary alicyclic amines) is 1. The van der Waals surface area contributed by atoms with Crippen molar-refractivity contribution in [2.24, 2.45) is 0 Å². The van der Waals surface area contributed by atoms with E-state index in [2.05, 4.69) is 4.90 Å². The minimum Gasteiger partial charge on any atom is -0.453 e. The lowest BCUT2D eigenvalue weighted by Crippen LogP contribution is -2.37. The summed E-state index contributed by atoms with van der Waals surface area (Å²) in [4.78, 5) is 16.9. The lowest BCUT2D eigenvalue weighted by molar-refractivity contribution is -0.118. The summed E-state index contributed by atoms with van der Waals surface area (Å²) in [5.41, 5.74) is 1.48. The van der Waals surface area contributed by atoms with Gasteiger partial charge < -0.3 is 4.74 Å². The second kappa shape index (κ2) is 5.87. The van der Waals surface area contributed by atoms with Gasteiger partial charge in [-0.25, -0.2) is 0 Å². The molecule has 2 aliphatic heterocycles. The molecule has 2 aliphatic rings. The van der Waals surface area contributed by atoms with Crippen molar-refractivity contribution in [1.29, 1.82) is 0 Å². The van der Waals surface area contributed by atoms with E-state index >= 15 is 0 Å². The topological polar surface area (TPSA) is 32.8 Å². The number of para-hydroxylation sites is 2. The molecule has 5 heteroatoms. The smallest absolute Gasteiger partial charge is 0.245 e. The van der Waals surface area contributed by atoms with E-state index in [-0.39, 0.29) is 5.91 Å². The minimum atomic E-state index is 0.0474. The number of benzene rings is 2. The van der Waals surface area contributed by atoms with Crippen molar-refractivity contribution in [3.63, 3.8) is 0 Å². The fourth-order valence-electron chi connectivity index (χ4n) is 3.20. The number of hydrogen-bond acceptors (Lipinski definition) is 3. The molecule has 23 heavy (non-hydrogen) atoms. The molecule has 0 saturated carbocycles. The summed E-state index contributed by atoms with van der Waals surface area (Å²) in [6, 6.07) is 13.0. The Balaban J connectivity index is 1.74. The van der Waals surface area contributed by atoms with Crippen LogP contribution in [0.4, 0.5) is 11.4 Å². The maximum atomic E-state index is 13.0. The highest BCUT2D eigenvalue weighted by Gasteiger charge is 2.30. The van der Waals surface area contributed by atoms with E-state index in [4.69, 9.17) is 16.3 Å². The summed E-state index contributed by atoms with van der Waals surface area (Å²) in [5, 5.41) is 0.589. The fourth-order valence-corrected chi connectivity index (χ4v) is 3.37. The van der Waals surface area contributed by atoms with Crippen molar-refractivity contribution < 1.29 is 9.53 Å². The lowest BCUT2D eigenvalue weighted by Gasteiger charge is -2.32. The highest BCUT2D eigenvalue weighted by molar-refractivity contribution is 6.31. The van der Waals surface area contributed by atoms with Crippen molar-refractivity contribution in [2.45, 2.75) is 12.8 Å². The molecule has 4 nitrogen and oxygen atoms in total. The zero-order chi connectivity index (χ0) is 15.8. The molecule has 0 unspecified atom stereocenters. The van der Waals surface area contributed by atoms with Crippen molar-refractivity contribution >= 4 is 28.9 Å². The Morgan fingerprint density at radius 1 is 1.04 bits per heavy atom. The molecule has 0 bridgehead atoms. The maximum Gasteiger partial charge on any atom is 0.245 e. The van der Waals surface area contributed by atoms with Crippen LogP contribution in [-0.2, 0) is 4.79 Å². The SMILES string of the molecule is O=C(CN1CCCC1)N1c2ccccc2Oc2ccc(Cl)cc21. The van der Waals surface area contributed by atoms with E-state index in [1.165, 1.54) is 0 Å². The van der Waals surface area contributed by atoms with Gasteiger partial charge in [0, 0.05) is 5.02 Å². The Hall–Kier alpha value is -2.04. The van der Waals surface area contributed by atoms with Crippen LogP contribution in [0.5, 0.6) is 11.5 Å². The van der Waals surface area contributed by atoms with Gasteiger partial charge in [0.15, 0.2) is 11.5 Å². The van der Waals surface area contributed by atoms with E-state index < -0.39 is 0 Å². The average Bonchev–Trinajstić information content (AvgIpc) is 3.05. The number of carbonyl (C=O) groups excluding carboxylic acids is 1. The Kier molecular flexibility index (Phi) is 3.71. The van der Waals surface area contributed by atoms with E-state index in [0.29, 0.717) is 28.8 Å². The molecule has 4 rings (SSSR count). The molecule has 118 valence electrons. The molecule has 0 spiro atoms. The molecule has 2 aromatic rings. The third kappa shape index (κ3) is 2.69. The first kappa shape index (κ1) is 14.5. The molecular formula is C18H17ClN2O2. The summed E-state index contributed by atoms with van der Waals surface area (Å²) in [6.45, 7) is 2.39. The van der Waals surface area contributed by atoms with Crippen molar-refractivity contribution in [1.82, 2.24) is 4.90 Å². The largest absolute Gasteiger partial charge is 0.453 e. The number of hydrogen-bond donors (Lipinski definition) is 0. The molecule has 1 fully saturated rings. The predicted molar refractivity (Wildman–Crippen MR) is 90.8 cm³/mol. The lowest BCUT2D eigenvalue weighted by atomic mass is 10.1. The van der Waals surface area contributed by atoms with Gasteiger partial charge in [-0.1, -0.05) is 23.7 Å². The van der Waals surface area contributed by atoms with Gasteiger partial charge in [0.25, 0.3) is 0 Å². The standard InChI is InChI=1S/C18H17ClN2O2/c19-13-7-8-17-15(11-13)21(14-5-1-2-6-16(14)23-17)18(22)12-20-9-3-4-10-20/h1-2,5-8,11H,3-4,9-10,12H2. The van der Waals surface area contributed by atoms with Gasteiger partial charge in [0.2, 0.25) is 5.91 Å². The van der Waals surface area contributed by atoms with Gasteiger partial charge in [-0.05, 0) is 56.3 Å². The average molecular weight is 329 g/mol. The van der Waals surface area contributed by atoms with Crippen LogP contribution in [0.15, 0.2) is 42.5 Å². The highest BCUT2D eigenvalue weighted by Crippen LogP contribution is 2.47. The van der Waals surface area contributed by atoms with E-state index in [1.54, 1.807) is 17.0 Å². The van der Waals surface area contributed by atoms with Gasteiger partial charge >= 0.3 is 0 Å².